The first-order valence-electron chi connectivity index (χ1n) is 13.2. The second-order valence-corrected chi connectivity index (χ2v) is 11.6. The van der Waals surface area contributed by atoms with Crippen LogP contribution in [0.3, 0.4) is 0 Å². The highest BCUT2D eigenvalue weighted by Crippen LogP contribution is 2.41. The number of benzene rings is 1. The number of methoxy groups -OCH3 is 1. The molecule has 0 aliphatic heterocycles. The zero-order chi connectivity index (χ0) is 27.6. The number of aliphatic imine (C=N–C) groups is 1. The second-order valence-electron chi connectivity index (χ2n) is 11.6. The molecular weight excluding hydrogens is 486 g/mol. The molecule has 3 atom stereocenters. The Hall–Kier alpha value is -3.56. The topological polar surface area (TPSA) is 138 Å². The van der Waals surface area contributed by atoms with Gasteiger partial charge in [-0.3, -0.25) is 14.9 Å². The van der Waals surface area contributed by atoms with Crippen LogP contribution in [0.15, 0.2) is 17.1 Å². The van der Waals surface area contributed by atoms with E-state index in [2.05, 4.69) is 25.8 Å². The summed E-state index contributed by atoms with van der Waals surface area (Å²) < 4.78 is 11.1. The van der Waals surface area contributed by atoms with E-state index in [9.17, 15) is 14.7 Å². The van der Waals surface area contributed by atoms with Gasteiger partial charge in [-0.2, -0.15) is 5.10 Å². The summed E-state index contributed by atoms with van der Waals surface area (Å²) in [6.07, 6.45) is 4.45. The van der Waals surface area contributed by atoms with Crippen LogP contribution in [0, 0.1) is 5.92 Å². The highest BCUT2D eigenvalue weighted by Gasteiger charge is 2.34. The van der Waals surface area contributed by atoms with E-state index >= 15 is 0 Å². The zero-order valence-electron chi connectivity index (χ0n) is 23.1. The van der Waals surface area contributed by atoms with Crippen LogP contribution in [0.25, 0.3) is 0 Å². The van der Waals surface area contributed by atoms with Crippen molar-refractivity contribution in [3.8, 4) is 11.5 Å². The third-order valence-corrected chi connectivity index (χ3v) is 6.95. The fourth-order valence-corrected chi connectivity index (χ4v) is 5.17. The van der Waals surface area contributed by atoms with E-state index in [1.165, 1.54) is 0 Å². The smallest absolute Gasteiger partial charge is 0.407 e. The average Bonchev–Trinajstić information content (AvgIpc) is 3.56. The summed E-state index contributed by atoms with van der Waals surface area (Å²) in [5.74, 6) is 0.846. The molecule has 206 valence electrons. The summed E-state index contributed by atoms with van der Waals surface area (Å²) in [5, 5.41) is 23.7. The lowest BCUT2D eigenvalue weighted by Gasteiger charge is -2.22. The Balaban J connectivity index is 1.38. The van der Waals surface area contributed by atoms with Crippen LogP contribution in [-0.4, -0.2) is 58.3 Å². The van der Waals surface area contributed by atoms with Crippen molar-refractivity contribution in [1.82, 2.24) is 15.5 Å². The Morgan fingerprint density at radius 2 is 1.95 bits per heavy atom. The number of H-pyrrole nitrogens is 1. The average molecular weight is 526 g/mol. The van der Waals surface area contributed by atoms with E-state index in [0.717, 1.165) is 29.7 Å². The first kappa shape index (κ1) is 27.5. The minimum atomic E-state index is -0.401. The van der Waals surface area contributed by atoms with Gasteiger partial charge in [0.25, 0.3) is 0 Å². The largest absolute Gasteiger partial charge is 0.507 e. The van der Waals surface area contributed by atoms with E-state index in [1.807, 2.05) is 40.7 Å². The van der Waals surface area contributed by atoms with Crippen LogP contribution in [-0.2, 0) is 22.4 Å². The van der Waals surface area contributed by atoms with E-state index in [4.69, 9.17) is 9.47 Å². The van der Waals surface area contributed by atoms with Crippen LogP contribution < -0.4 is 15.4 Å². The summed E-state index contributed by atoms with van der Waals surface area (Å²) in [7, 11) is 1.56. The van der Waals surface area contributed by atoms with Crippen molar-refractivity contribution >= 4 is 24.0 Å². The van der Waals surface area contributed by atoms with E-state index < -0.39 is 6.09 Å². The lowest BCUT2D eigenvalue weighted by Crippen LogP contribution is -2.42. The molecule has 2 aromatic rings. The Labute approximate surface area is 223 Å². The SMILES string of the molecule is COc1cc(O)c(/C=N/C(C)C)c2c1C[C@@H](C(=O)Nc1cc([C@H]3CC[C@@H](OC(=O)NC(C)(C)C)C3)[nH]n1)C2. The van der Waals surface area contributed by atoms with Gasteiger partial charge in [0.05, 0.1) is 7.11 Å². The predicted molar refractivity (Wildman–Crippen MR) is 145 cm³/mol. The van der Waals surface area contributed by atoms with Crippen LogP contribution in [0.5, 0.6) is 11.5 Å². The highest BCUT2D eigenvalue weighted by molar-refractivity contribution is 5.94. The highest BCUT2D eigenvalue weighted by atomic mass is 16.6. The lowest BCUT2D eigenvalue weighted by atomic mass is 10.0. The molecule has 1 heterocycles. The summed E-state index contributed by atoms with van der Waals surface area (Å²) in [6.45, 7) is 9.67. The van der Waals surface area contributed by atoms with Gasteiger partial charge < -0.3 is 25.2 Å². The number of nitrogens with one attached hydrogen (secondary N) is 3. The number of phenolic OH excluding ortho intramolecular Hbond substituents is 1. The van der Waals surface area contributed by atoms with Gasteiger partial charge in [-0.25, -0.2) is 4.79 Å². The van der Waals surface area contributed by atoms with Crippen LogP contribution in [0.1, 0.15) is 82.2 Å². The number of nitrogens with zero attached hydrogens (tertiary/aromatic N) is 2. The minimum Gasteiger partial charge on any atom is -0.507 e. The van der Waals surface area contributed by atoms with Crippen molar-refractivity contribution in [2.24, 2.45) is 10.9 Å². The van der Waals surface area contributed by atoms with Crippen LogP contribution >= 0.6 is 0 Å². The zero-order valence-corrected chi connectivity index (χ0v) is 23.1. The van der Waals surface area contributed by atoms with Gasteiger partial charge in [0, 0.05) is 53.0 Å². The summed E-state index contributed by atoms with van der Waals surface area (Å²) >= 11 is 0. The van der Waals surface area contributed by atoms with Crippen LogP contribution in [0.4, 0.5) is 10.6 Å². The third kappa shape index (κ3) is 6.46. The number of carbonyl (C=O) groups is 2. The fraction of sp³-hybridized carbons (Fsp3) is 0.571. The number of phenols is 1. The van der Waals surface area contributed by atoms with Gasteiger partial charge in [0.2, 0.25) is 5.91 Å². The number of rotatable bonds is 7. The minimum absolute atomic E-state index is 0.0869. The molecule has 10 nitrogen and oxygen atoms in total. The normalized spacial score (nSPS) is 21.1. The monoisotopic (exact) mass is 525 g/mol. The maximum absolute atomic E-state index is 13.2. The molecule has 0 spiro atoms. The second kappa shape index (κ2) is 11.0. The Bertz CT molecular complexity index is 1210. The van der Waals surface area contributed by atoms with Gasteiger partial charge in [-0.1, -0.05) is 0 Å². The van der Waals surface area contributed by atoms with Gasteiger partial charge in [0.15, 0.2) is 5.82 Å². The Kier molecular flexibility index (Phi) is 7.99. The number of aromatic nitrogens is 2. The standard InChI is InChI=1S/C28H39N5O5/c1-15(2)29-14-21-19-10-17(11-20(19)24(37-6)13-23(21)34)26(35)30-25-12-22(32-33-25)16-7-8-18(9-16)38-27(36)31-28(3,4)5/h12-18,34H,7-11H2,1-6H3,(H,31,36)(H2,30,32,33,35)/b29-14+/t16-,17-,18+/m0/s1. The number of fused-ring (bicyclic) bond motifs is 1. The lowest BCUT2D eigenvalue weighted by molar-refractivity contribution is -0.119. The Morgan fingerprint density at radius 1 is 1.21 bits per heavy atom. The van der Waals surface area contributed by atoms with Gasteiger partial charge in [0.1, 0.15) is 17.6 Å². The van der Waals surface area contributed by atoms with E-state index in [0.29, 0.717) is 36.4 Å². The number of alkyl carbamates (subject to hydrolysis) is 1. The number of aromatic hydroxyl groups is 1. The number of anilines is 1. The number of amides is 2. The molecule has 1 aromatic carbocycles. The number of hydrogen-bond donors (Lipinski definition) is 4. The summed E-state index contributed by atoms with van der Waals surface area (Å²) in [6, 6.07) is 3.53. The first-order valence-corrected chi connectivity index (χ1v) is 13.2. The number of hydrogen-bond acceptors (Lipinski definition) is 7. The van der Waals surface area contributed by atoms with Crippen LogP contribution in [0.2, 0.25) is 0 Å². The van der Waals surface area contributed by atoms with Gasteiger partial charge >= 0.3 is 6.09 Å². The van der Waals surface area contributed by atoms with Crippen molar-refractivity contribution < 1.29 is 24.2 Å². The molecule has 2 aliphatic carbocycles. The number of aromatic amines is 1. The molecule has 1 fully saturated rings. The maximum atomic E-state index is 13.2. The Morgan fingerprint density at radius 3 is 2.63 bits per heavy atom. The molecule has 4 N–H and O–H groups in total. The van der Waals surface area contributed by atoms with E-state index in [-0.39, 0.29) is 41.2 Å². The number of ether oxygens (including phenoxy) is 2. The van der Waals surface area contributed by atoms with Crippen molar-refractivity contribution in [1.29, 1.82) is 0 Å². The summed E-state index contributed by atoms with van der Waals surface area (Å²) in [4.78, 5) is 29.7. The van der Waals surface area contributed by atoms with E-state index in [1.54, 1.807) is 19.4 Å². The maximum Gasteiger partial charge on any atom is 0.407 e. The molecule has 0 saturated heterocycles. The quantitative estimate of drug-likeness (QED) is 0.394. The molecular formula is C28H39N5O5. The molecule has 0 radical (unpaired) electrons. The van der Waals surface area contributed by atoms with Crippen molar-refractivity contribution in [3.05, 3.63) is 34.5 Å². The molecule has 0 unspecified atom stereocenters. The fourth-order valence-electron chi connectivity index (χ4n) is 5.17. The molecule has 1 aromatic heterocycles. The molecule has 1 saturated carbocycles. The predicted octanol–water partition coefficient (Wildman–Crippen LogP) is 4.47. The van der Waals surface area contributed by atoms with Crippen molar-refractivity contribution in [2.45, 2.75) is 90.3 Å². The molecule has 10 heteroatoms. The third-order valence-electron chi connectivity index (χ3n) is 6.95. The van der Waals surface area contributed by atoms with Gasteiger partial charge in [-0.05, 0) is 77.8 Å². The molecule has 38 heavy (non-hydrogen) atoms. The number of carbonyl (C=O) groups excluding carboxylic acids is 2. The van der Waals surface area contributed by atoms with Crippen molar-refractivity contribution in [3.63, 3.8) is 0 Å². The first-order chi connectivity index (χ1) is 17.9. The molecule has 2 amide bonds. The molecule has 4 rings (SSSR count). The van der Waals surface area contributed by atoms with Crippen molar-refractivity contribution in [2.75, 3.05) is 12.4 Å². The molecule has 0 bridgehead atoms. The van der Waals surface area contributed by atoms with Gasteiger partial charge in [-0.15, -0.1) is 0 Å². The summed E-state index contributed by atoms with van der Waals surface area (Å²) in [5.41, 5.74) is 3.02. The molecule has 2 aliphatic rings.